The smallest absolute Gasteiger partial charge is 0.0939 e. The van der Waals surface area contributed by atoms with Gasteiger partial charge in [-0.15, -0.1) is 0 Å². The van der Waals surface area contributed by atoms with Crippen molar-refractivity contribution in [2.45, 2.75) is 0 Å². The third kappa shape index (κ3) is 5.37. The predicted octanol–water partition coefficient (Wildman–Crippen LogP) is -1.26. The van der Waals surface area contributed by atoms with Gasteiger partial charge in [-0.25, -0.2) is 0 Å². The molecule has 0 aliphatic carbocycles. The molecule has 5 nitrogen and oxygen atoms in total. The predicted molar refractivity (Wildman–Crippen MR) is 45.6 cm³/mol. The molecule has 0 saturated heterocycles. The van der Waals surface area contributed by atoms with E-state index in [0.717, 1.165) is 12.5 Å². The van der Waals surface area contributed by atoms with Crippen LogP contribution in [0.25, 0.3) is 0 Å². The number of ether oxygens (including phenoxy) is 1. The van der Waals surface area contributed by atoms with Crippen LogP contribution in [0.2, 0.25) is 0 Å². The summed E-state index contributed by atoms with van der Waals surface area (Å²) in [4.78, 5) is 0. The van der Waals surface area contributed by atoms with Crippen molar-refractivity contribution < 1.29 is 25.2 Å². The molecule has 0 aromatic heterocycles. The molecule has 5 heteroatoms. The van der Waals surface area contributed by atoms with Gasteiger partial charge in [-0.1, -0.05) is 0 Å². The Bertz CT molecular complexity index is 153. The van der Waals surface area contributed by atoms with Crippen LogP contribution in [0.3, 0.4) is 0 Å². The van der Waals surface area contributed by atoms with Crippen molar-refractivity contribution in [3.8, 4) is 0 Å². The lowest BCUT2D eigenvalue weighted by Crippen LogP contribution is -1.98. The van der Waals surface area contributed by atoms with E-state index in [0.29, 0.717) is 11.1 Å². The van der Waals surface area contributed by atoms with Gasteiger partial charge < -0.3 is 25.2 Å². The molecular weight excluding hydrogens is 176 g/mol. The second-order valence-electron chi connectivity index (χ2n) is 2.32. The van der Waals surface area contributed by atoms with Gasteiger partial charge in [0.2, 0.25) is 0 Å². The van der Waals surface area contributed by atoms with Gasteiger partial charge in [0, 0.05) is 11.1 Å². The average molecular weight is 190 g/mol. The van der Waals surface area contributed by atoms with Gasteiger partial charge in [0.15, 0.2) is 0 Å². The summed E-state index contributed by atoms with van der Waals surface area (Å²) in [5, 5.41) is 34.3. The van der Waals surface area contributed by atoms with E-state index in [9.17, 15) is 0 Å². The van der Waals surface area contributed by atoms with E-state index >= 15 is 0 Å². The highest BCUT2D eigenvalue weighted by Gasteiger charge is 1.93. The van der Waals surface area contributed by atoms with Gasteiger partial charge in [-0.3, -0.25) is 0 Å². The van der Waals surface area contributed by atoms with E-state index < -0.39 is 0 Å². The van der Waals surface area contributed by atoms with Crippen LogP contribution in [0.4, 0.5) is 0 Å². The first kappa shape index (κ1) is 12.1. The van der Waals surface area contributed by atoms with E-state index in [-0.39, 0.29) is 26.4 Å². The van der Waals surface area contributed by atoms with Gasteiger partial charge >= 0.3 is 0 Å². The molecule has 0 heterocycles. The summed E-state index contributed by atoms with van der Waals surface area (Å²) in [5.74, 6) is 0. The molecule has 13 heavy (non-hydrogen) atoms. The molecule has 0 unspecified atom stereocenters. The van der Waals surface area contributed by atoms with Crippen molar-refractivity contribution in [2.75, 3.05) is 26.4 Å². The Morgan fingerprint density at radius 1 is 0.769 bits per heavy atom. The summed E-state index contributed by atoms with van der Waals surface area (Å²) in [5.41, 5.74) is 0.623. The highest BCUT2D eigenvalue weighted by atomic mass is 16.5. The molecule has 0 atom stereocenters. The largest absolute Gasteiger partial charge is 0.472 e. The number of aliphatic hydroxyl groups is 4. The third-order valence-electron chi connectivity index (χ3n) is 1.28. The van der Waals surface area contributed by atoms with Crippen molar-refractivity contribution in [2.24, 2.45) is 0 Å². The average Bonchev–Trinajstić information content (AvgIpc) is 2.19. The molecule has 0 bridgehead atoms. The quantitative estimate of drug-likeness (QED) is 0.392. The molecule has 0 saturated carbocycles. The minimum atomic E-state index is -0.294. The molecule has 0 aliphatic heterocycles. The molecule has 76 valence electrons. The molecule has 0 amide bonds. The van der Waals surface area contributed by atoms with E-state index in [1.54, 1.807) is 0 Å². The summed E-state index contributed by atoms with van der Waals surface area (Å²) < 4.78 is 4.76. The molecule has 0 aromatic rings. The molecule has 0 fully saturated rings. The van der Waals surface area contributed by atoms with Crippen LogP contribution in [-0.2, 0) is 4.74 Å². The fraction of sp³-hybridized carbons (Fsp3) is 0.500. The first-order valence-corrected chi connectivity index (χ1v) is 3.73. The maximum absolute atomic E-state index is 8.58. The van der Waals surface area contributed by atoms with Gasteiger partial charge in [0.1, 0.15) is 0 Å². The minimum Gasteiger partial charge on any atom is -0.472 e. The molecule has 0 aliphatic rings. The third-order valence-corrected chi connectivity index (χ3v) is 1.28. The topological polar surface area (TPSA) is 90.2 Å². The second-order valence-corrected chi connectivity index (χ2v) is 2.32. The first-order valence-electron chi connectivity index (χ1n) is 3.73. The van der Waals surface area contributed by atoms with Crippen LogP contribution in [0.5, 0.6) is 0 Å². The Morgan fingerprint density at radius 2 is 1.08 bits per heavy atom. The maximum Gasteiger partial charge on any atom is 0.0939 e. The lowest BCUT2D eigenvalue weighted by Gasteiger charge is -2.00. The Kier molecular flexibility index (Phi) is 7.23. The van der Waals surface area contributed by atoms with Crippen LogP contribution < -0.4 is 0 Å². The monoisotopic (exact) mass is 190 g/mol. The van der Waals surface area contributed by atoms with Gasteiger partial charge in [0.05, 0.1) is 39.0 Å². The summed E-state index contributed by atoms with van der Waals surface area (Å²) in [6.07, 6.45) is 2.32. The zero-order chi connectivity index (χ0) is 10.1. The van der Waals surface area contributed by atoms with Gasteiger partial charge in [-0.2, -0.15) is 0 Å². The van der Waals surface area contributed by atoms with Gasteiger partial charge in [0.25, 0.3) is 0 Å². The standard InChI is InChI=1S/C8H14O5/c9-1-7(2-10)5-13-6-8(3-11)4-12/h5-6,9-12H,1-4H2. The Morgan fingerprint density at radius 3 is 1.31 bits per heavy atom. The molecule has 0 radical (unpaired) electrons. The SMILES string of the molecule is OCC(=COC=C(CO)CO)CO. The highest BCUT2D eigenvalue weighted by molar-refractivity contribution is 5.02. The van der Waals surface area contributed by atoms with E-state index in [2.05, 4.69) is 0 Å². The first-order chi connectivity index (χ1) is 6.28. The zero-order valence-corrected chi connectivity index (χ0v) is 7.18. The van der Waals surface area contributed by atoms with E-state index in [1.807, 2.05) is 0 Å². The minimum absolute atomic E-state index is 0.294. The lowest BCUT2D eigenvalue weighted by molar-refractivity contribution is 0.254. The van der Waals surface area contributed by atoms with Crippen LogP contribution in [0, 0.1) is 0 Å². The van der Waals surface area contributed by atoms with Crippen LogP contribution >= 0.6 is 0 Å². The number of hydrogen-bond donors (Lipinski definition) is 4. The molecule has 0 aromatic carbocycles. The van der Waals surface area contributed by atoms with E-state index in [4.69, 9.17) is 25.2 Å². The second kappa shape index (κ2) is 7.75. The van der Waals surface area contributed by atoms with E-state index in [1.165, 1.54) is 0 Å². The molecule has 0 spiro atoms. The Labute approximate surface area is 76.2 Å². The van der Waals surface area contributed by atoms with Gasteiger partial charge in [-0.05, 0) is 0 Å². The zero-order valence-electron chi connectivity index (χ0n) is 7.18. The Hall–Kier alpha value is -0.880. The summed E-state index contributed by atoms with van der Waals surface area (Å²) in [7, 11) is 0. The summed E-state index contributed by atoms with van der Waals surface area (Å²) >= 11 is 0. The molecule has 4 N–H and O–H groups in total. The van der Waals surface area contributed by atoms with Crippen LogP contribution in [0.1, 0.15) is 0 Å². The summed E-state index contributed by atoms with van der Waals surface area (Å²) in [6.45, 7) is -1.17. The number of rotatable bonds is 6. The van der Waals surface area contributed by atoms with Crippen molar-refractivity contribution in [3.05, 3.63) is 23.7 Å². The van der Waals surface area contributed by atoms with Crippen LogP contribution in [0.15, 0.2) is 23.7 Å². The maximum atomic E-state index is 8.58. The fourth-order valence-electron chi connectivity index (χ4n) is 0.476. The number of hydrogen-bond acceptors (Lipinski definition) is 5. The fourth-order valence-corrected chi connectivity index (χ4v) is 0.476. The summed E-state index contributed by atoms with van der Waals surface area (Å²) in [6, 6.07) is 0. The van der Waals surface area contributed by atoms with Crippen molar-refractivity contribution >= 4 is 0 Å². The van der Waals surface area contributed by atoms with Crippen molar-refractivity contribution in [1.82, 2.24) is 0 Å². The number of aliphatic hydroxyl groups excluding tert-OH is 4. The molecular formula is C8H14O5. The highest BCUT2D eigenvalue weighted by Crippen LogP contribution is 1.96. The normalized spacial score (nSPS) is 9.23. The van der Waals surface area contributed by atoms with Crippen molar-refractivity contribution in [3.63, 3.8) is 0 Å². The molecule has 0 rings (SSSR count). The Balaban J connectivity index is 3.99. The lowest BCUT2D eigenvalue weighted by atomic mass is 10.3. The van der Waals surface area contributed by atoms with Crippen molar-refractivity contribution in [1.29, 1.82) is 0 Å². The van der Waals surface area contributed by atoms with Crippen LogP contribution in [-0.4, -0.2) is 46.9 Å².